The second-order valence-electron chi connectivity index (χ2n) is 6.76. The molecule has 1 atom stereocenters. The van der Waals surface area contributed by atoms with E-state index in [2.05, 4.69) is 31.2 Å². The zero-order valence-corrected chi connectivity index (χ0v) is 15.2. The van der Waals surface area contributed by atoms with Crippen molar-refractivity contribution in [3.63, 3.8) is 0 Å². The Morgan fingerprint density at radius 3 is 2.16 bits per heavy atom. The number of carbonyl (C=O) groups excluding carboxylic acids is 1. The second kappa shape index (κ2) is 10.7. The first-order valence-corrected chi connectivity index (χ1v) is 9.24. The quantitative estimate of drug-likeness (QED) is 0.711. The van der Waals surface area contributed by atoms with E-state index < -0.39 is 0 Å². The van der Waals surface area contributed by atoms with Crippen LogP contribution >= 0.6 is 0 Å². The van der Waals surface area contributed by atoms with E-state index in [1.807, 2.05) is 41.3 Å². The third-order valence-corrected chi connectivity index (χ3v) is 4.59. The lowest BCUT2D eigenvalue weighted by Gasteiger charge is -2.24. The van der Waals surface area contributed by atoms with Crippen LogP contribution in [0.25, 0.3) is 0 Å². The molecule has 0 spiro atoms. The van der Waals surface area contributed by atoms with Crippen molar-refractivity contribution in [3.8, 4) is 0 Å². The topological polar surface area (TPSA) is 46.3 Å². The van der Waals surface area contributed by atoms with Crippen molar-refractivity contribution < 1.29 is 4.79 Å². The summed E-state index contributed by atoms with van der Waals surface area (Å²) in [4.78, 5) is 14.8. The van der Waals surface area contributed by atoms with E-state index in [4.69, 9.17) is 5.73 Å². The maximum atomic E-state index is 12.8. The van der Waals surface area contributed by atoms with Crippen LogP contribution in [0.3, 0.4) is 0 Å². The third-order valence-electron chi connectivity index (χ3n) is 4.59. The van der Waals surface area contributed by atoms with Crippen molar-refractivity contribution >= 4 is 5.91 Å². The molecule has 0 radical (unpaired) electrons. The maximum Gasteiger partial charge on any atom is 0.222 e. The summed E-state index contributed by atoms with van der Waals surface area (Å²) in [5.74, 6) is 0.741. The molecule has 2 N–H and O–H groups in total. The van der Waals surface area contributed by atoms with Gasteiger partial charge in [-0.1, -0.05) is 67.6 Å². The van der Waals surface area contributed by atoms with E-state index in [-0.39, 0.29) is 5.91 Å². The van der Waals surface area contributed by atoms with Crippen molar-refractivity contribution in [2.75, 3.05) is 13.1 Å². The number of benzene rings is 2. The molecule has 2 rings (SSSR count). The van der Waals surface area contributed by atoms with Crippen LogP contribution in [0.1, 0.15) is 37.3 Å². The van der Waals surface area contributed by atoms with Crippen LogP contribution in [0.2, 0.25) is 0 Å². The predicted molar refractivity (Wildman–Crippen MR) is 104 cm³/mol. The van der Waals surface area contributed by atoms with Crippen molar-refractivity contribution in [1.82, 2.24) is 4.90 Å². The lowest BCUT2D eigenvalue weighted by molar-refractivity contribution is -0.132. The molecule has 0 saturated carbocycles. The SMILES string of the molecule is CC(CCN)CCC(=O)N(CCc1ccccc1)Cc1ccccc1. The fourth-order valence-corrected chi connectivity index (χ4v) is 2.96. The fraction of sp³-hybridized carbons (Fsp3) is 0.409. The number of hydrogen-bond acceptors (Lipinski definition) is 2. The molecule has 0 aliphatic rings. The molecule has 0 aliphatic carbocycles. The summed E-state index contributed by atoms with van der Waals surface area (Å²) >= 11 is 0. The highest BCUT2D eigenvalue weighted by atomic mass is 16.2. The standard InChI is InChI=1S/C22H30N2O/c1-19(14-16-23)12-13-22(25)24(18-21-10-6-3-7-11-21)17-15-20-8-4-2-5-9-20/h2-11,19H,12-18,23H2,1H3. The van der Waals surface area contributed by atoms with Gasteiger partial charge in [0, 0.05) is 19.5 Å². The lowest BCUT2D eigenvalue weighted by atomic mass is 10.0. The molecule has 1 amide bonds. The number of carbonyl (C=O) groups is 1. The van der Waals surface area contributed by atoms with Crippen molar-refractivity contribution in [1.29, 1.82) is 0 Å². The molecule has 0 aromatic heterocycles. The number of hydrogen-bond donors (Lipinski definition) is 1. The molecule has 3 heteroatoms. The van der Waals surface area contributed by atoms with E-state index in [0.29, 0.717) is 25.4 Å². The van der Waals surface area contributed by atoms with Crippen LogP contribution in [0.15, 0.2) is 60.7 Å². The first kappa shape index (κ1) is 19.2. The van der Waals surface area contributed by atoms with Gasteiger partial charge in [0.15, 0.2) is 0 Å². The first-order chi connectivity index (χ1) is 12.2. The molecule has 3 nitrogen and oxygen atoms in total. The Hall–Kier alpha value is -2.13. The van der Waals surface area contributed by atoms with Crippen molar-refractivity contribution in [2.24, 2.45) is 11.7 Å². The van der Waals surface area contributed by atoms with Gasteiger partial charge in [-0.2, -0.15) is 0 Å². The lowest BCUT2D eigenvalue weighted by Crippen LogP contribution is -2.32. The Bertz CT molecular complexity index is 612. The maximum absolute atomic E-state index is 12.8. The van der Waals surface area contributed by atoms with Gasteiger partial charge in [0.25, 0.3) is 0 Å². The van der Waals surface area contributed by atoms with E-state index >= 15 is 0 Å². The van der Waals surface area contributed by atoms with Crippen molar-refractivity contribution in [2.45, 2.75) is 39.2 Å². The average Bonchev–Trinajstić information content (AvgIpc) is 2.65. The summed E-state index contributed by atoms with van der Waals surface area (Å²) in [6.07, 6.45) is 3.38. The Morgan fingerprint density at radius 1 is 0.960 bits per heavy atom. The minimum Gasteiger partial charge on any atom is -0.338 e. The molecule has 25 heavy (non-hydrogen) atoms. The van der Waals surface area contributed by atoms with Crippen LogP contribution in [-0.2, 0) is 17.8 Å². The van der Waals surface area contributed by atoms with Crippen molar-refractivity contribution in [3.05, 3.63) is 71.8 Å². The third kappa shape index (κ3) is 7.10. The molecule has 1 unspecified atom stereocenters. The fourth-order valence-electron chi connectivity index (χ4n) is 2.96. The van der Waals surface area contributed by atoms with Crippen LogP contribution in [0.4, 0.5) is 0 Å². The molecule has 134 valence electrons. The van der Waals surface area contributed by atoms with Gasteiger partial charge in [0.1, 0.15) is 0 Å². The molecule has 2 aromatic rings. The number of nitrogens with two attached hydrogens (primary N) is 1. The highest BCUT2D eigenvalue weighted by molar-refractivity contribution is 5.76. The monoisotopic (exact) mass is 338 g/mol. The average molecular weight is 338 g/mol. The second-order valence-corrected chi connectivity index (χ2v) is 6.76. The van der Waals surface area contributed by atoms with E-state index in [1.165, 1.54) is 11.1 Å². The smallest absolute Gasteiger partial charge is 0.222 e. The molecule has 0 saturated heterocycles. The highest BCUT2D eigenvalue weighted by Crippen LogP contribution is 2.14. The van der Waals surface area contributed by atoms with Gasteiger partial charge in [0.05, 0.1) is 0 Å². The van der Waals surface area contributed by atoms with E-state index in [0.717, 1.165) is 25.8 Å². The van der Waals surface area contributed by atoms with Gasteiger partial charge in [0.2, 0.25) is 5.91 Å². The number of nitrogens with zero attached hydrogens (tertiary/aromatic N) is 1. The molecular formula is C22H30N2O. The summed E-state index contributed by atoms with van der Waals surface area (Å²) < 4.78 is 0. The molecule has 2 aromatic carbocycles. The first-order valence-electron chi connectivity index (χ1n) is 9.24. The van der Waals surface area contributed by atoms with Crippen LogP contribution in [-0.4, -0.2) is 23.9 Å². The van der Waals surface area contributed by atoms with Gasteiger partial charge >= 0.3 is 0 Å². The molecule has 0 fully saturated rings. The summed E-state index contributed by atoms with van der Waals surface area (Å²) in [6, 6.07) is 20.6. The highest BCUT2D eigenvalue weighted by Gasteiger charge is 2.15. The molecular weight excluding hydrogens is 308 g/mol. The summed E-state index contributed by atoms with van der Waals surface area (Å²) in [6.45, 7) is 4.30. The van der Waals surface area contributed by atoms with Crippen LogP contribution < -0.4 is 5.73 Å². The zero-order chi connectivity index (χ0) is 17.9. The molecule has 0 bridgehead atoms. The number of rotatable bonds is 10. The van der Waals surface area contributed by atoms with E-state index in [1.54, 1.807) is 0 Å². The Kier molecular flexibility index (Phi) is 8.20. The Labute approximate surface area is 151 Å². The zero-order valence-electron chi connectivity index (χ0n) is 15.2. The molecule has 0 aliphatic heterocycles. The van der Waals surface area contributed by atoms with E-state index in [9.17, 15) is 4.79 Å². The Balaban J connectivity index is 1.96. The number of amides is 1. The predicted octanol–water partition coefficient (Wildman–Crippen LogP) is 4.02. The summed E-state index contributed by atoms with van der Waals surface area (Å²) in [7, 11) is 0. The minimum absolute atomic E-state index is 0.239. The summed E-state index contributed by atoms with van der Waals surface area (Å²) in [5.41, 5.74) is 8.06. The van der Waals surface area contributed by atoms with Gasteiger partial charge in [-0.15, -0.1) is 0 Å². The Morgan fingerprint density at radius 2 is 1.56 bits per heavy atom. The van der Waals surface area contributed by atoms with Gasteiger partial charge in [-0.25, -0.2) is 0 Å². The van der Waals surface area contributed by atoms with Crippen LogP contribution in [0.5, 0.6) is 0 Å². The van der Waals surface area contributed by atoms with Crippen LogP contribution in [0, 0.1) is 5.92 Å². The van der Waals surface area contributed by atoms with Gasteiger partial charge < -0.3 is 10.6 Å². The minimum atomic E-state index is 0.239. The summed E-state index contributed by atoms with van der Waals surface area (Å²) in [5, 5.41) is 0. The largest absolute Gasteiger partial charge is 0.338 e. The normalized spacial score (nSPS) is 11.9. The molecule has 0 heterocycles. The van der Waals surface area contributed by atoms with Gasteiger partial charge in [-0.3, -0.25) is 4.79 Å². The van der Waals surface area contributed by atoms with Gasteiger partial charge in [-0.05, 0) is 42.9 Å².